The maximum atomic E-state index is 15.1. The highest BCUT2D eigenvalue weighted by Gasteiger charge is 2.72. The Morgan fingerprint density at radius 3 is 1.28 bits per heavy atom. The zero-order valence-electron chi connectivity index (χ0n) is 37.7. The topological polar surface area (TPSA) is 71.1 Å². The quantitative estimate of drug-likeness (QED) is 0.0770. The van der Waals surface area contributed by atoms with E-state index in [9.17, 15) is 31.1 Å². The number of ether oxygens (including phenoxy) is 4. The van der Waals surface area contributed by atoms with Crippen LogP contribution in [0.25, 0.3) is 0 Å². The van der Waals surface area contributed by atoms with E-state index in [1.165, 1.54) is 38.2 Å². The van der Waals surface area contributed by atoms with Crippen LogP contribution in [0, 0.1) is 17.3 Å². The molecule has 0 N–H and O–H groups in total. The molecule has 5 aromatic carbocycles. The van der Waals surface area contributed by atoms with Gasteiger partial charge in [-0.15, -0.1) is 0 Å². The van der Waals surface area contributed by atoms with Crippen LogP contribution in [0.5, 0.6) is 23.0 Å². The van der Waals surface area contributed by atoms with Crippen LogP contribution in [0.4, 0.5) is 26.3 Å². The van der Waals surface area contributed by atoms with Crippen molar-refractivity contribution in [2.75, 3.05) is 14.2 Å². The van der Waals surface area contributed by atoms with Crippen LogP contribution in [0.2, 0.25) is 0 Å². The summed E-state index contributed by atoms with van der Waals surface area (Å²) in [5.74, 6) is 1.69. The lowest BCUT2D eigenvalue weighted by atomic mass is 9.60. The number of halogens is 6. The molecule has 0 heterocycles. The molecule has 4 atom stereocenters. The maximum Gasteiger partial charge on any atom is 0.411 e. The third-order valence-corrected chi connectivity index (χ3v) is 14.6. The molecule has 2 bridgehead atoms. The van der Waals surface area contributed by atoms with Crippen LogP contribution in [-0.4, -0.2) is 49.3 Å². The van der Waals surface area contributed by atoms with Gasteiger partial charge in [0.2, 0.25) is 5.41 Å². The van der Waals surface area contributed by atoms with Gasteiger partial charge in [0.1, 0.15) is 39.6 Å². The van der Waals surface area contributed by atoms with Gasteiger partial charge in [0.25, 0.3) is 0 Å². The molecule has 0 aliphatic heterocycles. The predicted octanol–water partition coefficient (Wildman–Crippen LogP) is 13.3. The van der Waals surface area contributed by atoms with Gasteiger partial charge in [-0.2, -0.15) is 26.3 Å². The third kappa shape index (κ3) is 7.94. The highest BCUT2D eigenvalue weighted by Crippen LogP contribution is 2.61. The van der Waals surface area contributed by atoms with Crippen molar-refractivity contribution < 1.29 is 54.9 Å². The molecule has 12 heteroatoms. The predicted molar refractivity (Wildman–Crippen MR) is 236 cm³/mol. The normalized spacial score (nSPS) is 19.9. The number of methoxy groups -OCH3 is 2. The Kier molecular flexibility index (Phi) is 12.3. The minimum absolute atomic E-state index is 0.0862. The summed E-state index contributed by atoms with van der Waals surface area (Å²) in [6, 6.07) is 29.5. The largest absolute Gasteiger partial charge is 0.497 e. The van der Waals surface area contributed by atoms with Crippen molar-refractivity contribution in [2.24, 2.45) is 17.3 Å². The molecule has 0 aromatic heterocycles. The summed E-state index contributed by atoms with van der Waals surface area (Å²) >= 11 is 0. The summed E-state index contributed by atoms with van der Waals surface area (Å²) in [5.41, 5.74) is -8.30. The summed E-state index contributed by atoms with van der Waals surface area (Å²) in [6.45, 7) is 9.79. The molecular weight excluding hydrogens is 847 g/mol. The van der Waals surface area contributed by atoms with Crippen LogP contribution in [0.3, 0.4) is 0 Å². The average molecular weight is 901 g/mol. The lowest BCUT2D eigenvalue weighted by molar-refractivity contribution is -0.288. The lowest BCUT2D eigenvalue weighted by Gasteiger charge is -2.51. The van der Waals surface area contributed by atoms with Gasteiger partial charge in [0.05, 0.1) is 14.2 Å². The molecule has 6 nitrogen and oxygen atoms in total. The maximum absolute atomic E-state index is 15.1. The zero-order chi connectivity index (χ0) is 47.4. The third-order valence-electron chi connectivity index (χ3n) is 14.6. The highest BCUT2D eigenvalue weighted by molar-refractivity contribution is 6.03. The van der Waals surface area contributed by atoms with E-state index in [2.05, 4.69) is 24.3 Å². The number of fused-ring (bicyclic) bond motifs is 2. The Morgan fingerprint density at radius 1 is 0.538 bits per heavy atom. The summed E-state index contributed by atoms with van der Waals surface area (Å²) in [6.07, 6.45) is -7.12. The molecule has 65 heavy (non-hydrogen) atoms. The molecule has 7 rings (SSSR count). The van der Waals surface area contributed by atoms with Crippen molar-refractivity contribution >= 4 is 11.6 Å². The van der Waals surface area contributed by atoms with Crippen molar-refractivity contribution in [1.82, 2.24) is 0 Å². The molecule has 2 aliphatic carbocycles. The fraction of sp³-hybridized carbons (Fsp3) is 0.396. The minimum Gasteiger partial charge on any atom is -0.497 e. The van der Waals surface area contributed by atoms with E-state index in [0.29, 0.717) is 23.1 Å². The second-order valence-corrected chi connectivity index (χ2v) is 18.6. The number of Topliss-reactive ketones (excluding diaryl/α,β-unsaturated/α-hetero) is 2. The first-order valence-electron chi connectivity index (χ1n) is 21.6. The number of ketones is 2. The van der Waals surface area contributed by atoms with Gasteiger partial charge in [-0.25, -0.2) is 0 Å². The van der Waals surface area contributed by atoms with Gasteiger partial charge in [-0.1, -0.05) is 79.2 Å². The molecule has 2 fully saturated rings. The van der Waals surface area contributed by atoms with Crippen LogP contribution >= 0.6 is 0 Å². The standard InChI is InChI=1S/C53H54F6O6/c1-33(60)35-10-12-36(13-11-35)46(61)49(6,47(2,3)64-44-27-17-38(18-28-44)50(32-34-9-14-41(50)31-34)37-15-23-42(62-7)24-16-37)48(4,5)65-45-29-21-40(22-30-45)51(52(54,55)56,53(57,58)59)39-19-25-43(63-8)26-20-39/h10-13,15-30,34,41H,9,14,31-32H2,1-8H3. The Bertz CT molecular complexity index is 2480. The fourth-order valence-electron chi connectivity index (χ4n) is 10.7. The zero-order valence-corrected chi connectivity index (χ0v) is 37.7. The Labute approximate surface area is 376 Å². The van der Waals surface area contributed by atoms with Gasteiger partial charge in [-0.3, -0.25) is 9.59 Å². The van der Waals surface area contributed by atoms with E-state index in [0.717, 1.165) is 79.1 Å². The van der Waals surface area contributed by atoms with Crippen LogP contribution in [0.15, 0.2) is 121 Å². The first-order valence-corrected chi connectivity index (χ1v) is 21.6. The van der Waals surface area contributed by atoms with Crippen molar-refractivity contribution in [3.63, 3.8) is 0 Å². The fourth-order valence-corrected chi connectivity index (χ4v) is 10.7. The summed E-state index contributed by atoms with van der Waals surface area (Å²) in [5, 5.41) is 0. The van der Waals surface area contributed by atoms with E-state index in [1.807, 2.05) is 24.3 Å². The van der Waals surface area contributed by atoms with Gasteiger partial charge >= 0.3 is 12.4 Å². The first-order chi connectivity index (χ1) is 30.4. The number of carbonyl (C=O) groups is 2. The second-order valence-electron chi connectivity index (χ2n) is 18.6. The monoisotopic (exact) mass is 900 g/mol. The SMILES string of the molecule is COc1ccc(C2(c3ccc(OC(C)(C)C(C)(C(=O)c4ccc(C(C)=O)cc4)C(C)(C)Oc4ccc(C(c5ccc(OC)cc5)(C(F)(F)F)C(F)(F)F)cc4)cc3)CC3CCC2C3)cc1. The van der Waals surface area contributed by atoms with Gasteiger partial charge in [0, 0.05) is 16.5 Å². The number of rotatable bonds is 15. The average Bonchev–Trinajstić information content (AvgIpc) is 3.89. The van der Waals surface area contributed by atoms with Gasteiger partial charge in [-0.05, 0) is 143 Å². The lowest BCUT2D eigenvalue weighted by Crippen LogP contribution is -2.64. The smallest absolute Gasteiger partial charge is 0.411 e. The van der Waals surface area contributed by atoms with Gasteiger partial charge < -0.3 is 18.9 Å². The van der Waals surface area contributed by atoms with Crippen molar-refractivity contribution in [2.45, 2.75) is 102 Å². The molecule has 5 aromatic rings. The highest BCUT2D eigenvalue weighted by atomic mass is 19.4. The Hall–Kier alpha value is -5.78. The van der Waals surface area contributed by atoms with Crippen LogP contribution in [0.1, 0.15) is 110 Å². The summed E-state index contributed by atoms with van der Waals surface area (Å²) in [7, 11) is 2.90. The molecule has 0 amide bonds. The number of carbonyl (C=O) groups excluding carboxylic acids is 2. The summed E-state index contributed by atoms with van der Waals surface area (Å²) in [4.78, 5) is 27.2. The first kappa shape index (κ1) is 47.2. The second kappa shape index (κ2) is 16.9. The molecule has 2 saturated carbocycles. The summed E-state index contributed by atoms with van der Waals surface area (Å²) < 4.78 is 114. The van der Waals surface area contributed by atoms with Crippen molar-refractivity contribution in [1.29, 1.82) is 0 Å². The number of hydrogen-bond donors (Lipinski definition) is 0. The van der Waals surface area contributed by atoms with E-state index in [4.69, 9.17) is 18.9 Å². The Morgan fingerprint density at radius 2 is 0.923 bits per heavy atom. The Balaban J connectivity index is 1.25. The minimum atomic E-state index is -5.81. The molecule has 2 aliphatic rings. The number of hydrogen-bond acceptors (Lipinski definition) is 6. The van der Waals surface area contributed by atoms with Gasteiger partial charge in [0.15, 0.2) is 11.6 Å². The molecule has 0 spiro atoms. The van der Waals surface area contributed by atoms with E-state index < -0.39 is 51.3 Å². The molecule has 0 saturated heterocycles. The van der Waals surface area contributed by atoms with E-state index in [1.54, 1.807) is 53.9 Å². The molecule has 344 valence electrons. The molecule has 4 unspecified atom stereocenters. The number of alkyl halides is 6. The molecule has 0 radical (unpaired) electrons. The molecular formula is C53H54F6O6. The van der Waals surface area contributed by atoms with Crippen LogP contribution < -0.4 is 18.9 Å². The van der Waals surface area contributed by atoms with Crippen molar-refractivity contribution in [3.05, 3.63) is 155 Å². The number of benzene rings is 5. The van der Waals surface area contributed by atoms with E-state index in [-0.39, 0.29) is 28.3 Å². The van der Waals surface area contributed by atoms with E-state index >= 15 is 4.79 Å². The van der Waals surface area contributed by atoms with Crippen molar-refractivity contribution in [3.8, 4) is 23.0 Å². The van der Waals surface area contributed by atoms with Crippen LogP contribution in [-0.2, 0) is 10.8 Å².